The van der Waals surface area contributed by atoms with E-state index in [1.807, 2.05) is 0 Å². The van der Waals surface area contributed by atoms with Crippen molar-refractivity contribution in [2.24, 2.45) is 0 Å². The Labute approximate surface area is 274 Å². The van der Waals surface area contributed by atoms with Crippen LogP contribution >= 0.6 is 23.7 Å². The summed E-state index contributed by atoms with van der Waals surface area (Å²) in [7, 11) is -11.4. The summed E-state index contributed by atoms with van der Waals surface area (Å²) in [6, 6.07) is 44.2. The smallest absolute Gasteiger partial charge is 0 e. The van der Waals surface area contributed by atoms with Crippen LogP contribution in [0.25, 0.3) is 0 Å². The normalized spacial score (nSPS) is 15.1. The van der Waals surface area contributed by atoms with Gasteiger partial charge in [0.05, 0.1) is 0 Å². The summed E-state index contributed by atoms with van der Waals surface area (Å²) in [5.41, 5.74) is 0. The van der Waals surface area contributed by atoms with Crippen LogP contribution in [-0.4, -0.2) is 12.3 Å². The van der Waals surface area contributed by atoms with Gasteiger partial charge in [0.1, 0.15) is 0 Å². The maximum atomic E-state index is 9.87. The molecule has 5 rings (SSSR count). The van der Waals surface area contributed by atoms with Gasteiger partial charge in [0.15, 0.2) is 0 Å². The van der Waals surface area contributed by atoms with Gasteiger partial charge in [-0.2, -0.15) is 0 Å². The largest absolute Gasteiger partial charge is 0.0622 e. The van der Waals surface area contributed by atoms with Crippen LogP contribution in [0.2, 0.25) is 0 Å². The van der Waals surface area contributed by atoms with E-state index in [0.717, 1.165) is 0 Å². The van der Waals surface area contributed by atoms with Gasteiger partial charge in [-0.15, -0.1) is 0 Å². The molecule has 0 spiro atoms. The number of hydrogen-bond donors (Lipinski definition) is 0. The zero-order chi connectivity index (χ0) is 31.1. The predicted octanol–water partition coefficient (Wildman–Crippen LogP) is 11.2. The second kappa shape index (κ2) is 17.9. The molecule has 0 aliphatic heterocycles. The Kier molecular flexibility index (Phi) is 15.7. The molecule has 241 valence electrons. The van der Waals surface area contributed by atoms with Crippen molar-refractivity contribution >= 4 is 44.9 Å². The fourth-order valence-corrected chi connectivity index (χ4v) is 9.79. The summed E-state index contributed by atoms with van der Waals surface area (Å²) in [6.45, 7) is 0. The third-order valence-electron chi connectivity index (χ3n) is 6.33. The molecule has 0 saturated heterocycles. The van der Waals surface area contributed by atoms with Gasteiger partial charge >= 0.3 is 33.0 Å². The number of hydrogen-bond acceptors (Lipinski definition) is 0. The molecule has 10 heteroatoms. The average molecular weight is 759 g/mol. The van der Waals surface area contributed by atoms with Crippen molar-refractivity contribution in [3.05, 3.63) is 141 Å². The molecule has 3 radical (unpaired) electrons. The minimum Gasteiger partial charge on any atom is -0.0622 e. The van der Waals surface area contributed by atoms with Crippen LogP contribution in [0.3, 0.4) is 0 Å². The molecule has 0 N–H and O–H groups in total. The van der Waals surface area contributed by atoms with Crippen molar-refractivity contribution in [3.63, 3.8) is 0 Å². The summed E-state index contributed by atoms with van der Waals surface area (Å²) < 4.78 is 59.2. The SMILES string of the molecule is F[P-](F)(F)(F)(F)F.[CH]1[CH]CCCCC[CH]1.[Pd].c1ccc(P(CCP(c2ccccc2)c2ccccc2)c2ccccc2)cc1. The molecule has 0 nitrogen and oxygen atoms in total. The van der Waals surface area contributed by atoms with Crippen molar-refractivity contribution in [2.45, 2.75) is 32.1 Å². The topological polar surface area (TPSA) is 0 Å². The van der Waals surface area contributed by atoms with Crippen LogP contribution in [0, 0.1) is 19.3 Å². The van der Waals surface area contributed by atoms with E-state index in [1.165, 1.54) is 65.6 Å². The van der Waals surface area contributed by atoms with Crippen molar-refractivity contribution in [1.82, 2.24) is 0 Å². The Bertz CT molecular complexity index is 1110. The first-order valence-corrected chi connectivity index (χ1v) is 19.2. The van der Waals surface area contributed by atoms with Crippen LogP contribution < -0.4 is 21.2 Å². The van der Waals surface area contributed by atoms with Gasteiger partial charge in [-0.1, -0.05) is 141 Å². The first-order chi connectivity index (χ1) is 20.4. The maximum Gasteiger partial charge on any atom is 0 e. The van der Waals surface area contributed by atoms with Gasteiger partial charge < -0.3 is 0 Å². The Morgan fingerprint density at radius 2 is 0.682 bits per heavy atom. The zero-order valence-electron chi connectivity index (χ0n) is 24.2. The Balaban J connectivity index is 0.000000348. The molecule has 1 aliphatic carbocycles. The molecule has 1 fully saturated rings. The fraction of sp³-hybridized carbons (Fsp3) is 0.206. The van der Waals surface area contributed by atoms with E-state index in [9.17, 15) is 25.2 Å². The Hall–Kier alpha value is -1.59. The predicted molar refractivity (Wildman–Crippen MR) is 177 cm³/mol. The molecule has 4 aromatic carbocycles. The van der Waals surface area contributed by atoms with Gasteiger partial charge in [-0.25, -0.2) is 0 Å². The summed E-state index contributed by atoms with van der Waals surface area (Å²) >= 11 is 0. The van der Waals surface area contributed by atoms with Gasteiger partial charge in [0.25, 0.3) is 0 Å². The van der Waals surface area contributed by atoms with Crippen LogP contribution in [0.4, 0.5) is 25.2 Å². The number of halogens is 6. The standard InChI is InChI=1S/C26H24P2.C8H13.F6P.Pd/c1-5-13-23(14-6-1)27(24-15-7-2-8-16-24)21-22-28(25-17-9-3-10-18-25)26-19-11-4-12-20-26;1-2-4-6-8-7-5-3-1;1-7(2,3,4,5)6;/h1-20H,21-22H2;1-3H,4-8H2;;/q;;-1;. The summed E-state index contributed by atoms with van der Waals surface area (Å²) in [6.07, 6.45) is 15.9. The number of benzene rings is 4. The Morgan fingerprint density at radius 1 is 0.432 bits per heavy atom. The first kappa shape index (κ1) is 38.6. The maximum absolute atomic E-state index is 10.7. The summed E-state index contributed by atoms with van der Waals surface area (Å²) in [4.78, 5) is 0. The molecule has 0 amide bonds. The first-order valence-electron chi connectivity index (χ1n) is 14.2. The molecule has 0 aromatic heterocycles. The van der Waals surface area contributed by atoms with Crippen molar-refractivity contribution < 1.29 is 45.6 Å². The van der Waals surface area contributed by atoms with Crippen molar-refractivity contribution in [3.8, 4) is 0 Å². The van der Waals surface area contributed by atoms with E-state index >= 15 is 0 Å². The quantitative estimate of drug-likeness (QED) is 0.100. The van der Waals surface area contributed by atoms with Gasteiger partial charge in [-0.05, 0) is 81.5 Å². The Morgan fingerprint density at radius 3 is 0.932 bits per heavy atom. The molecule has 0 bridgehead atoms. The molecular formula is C34H37F6P3Pd-. The number of rotatable bonds is 7. The van der Waals surface area contributed by atoms with E-state index in [1.54, 1.807) is 0 Å². The van der Waals surface area contributed by atoms with Crippen LogP contribution in [-0.2, 0) is 20.4 Å². The average Bonchev–Trinajstić information content (AvgIpc) is 2.96. The second-order valence-corrected chi connectivity index (χ2v) is 16.5. The van der Waals surface area contributed by atoms with Gasteiger partial charge in [0, 0.05) is 20.4 Å². The third-order valence-corrected chi connectivity index (χ3v) is 11.7. The van der Waals surface area contributed by atoms with Crippen molar-refractivity contribution in [1.29, 1.82) is 0 Å². The molecule has 0 heterocycles. The summed E-state index contributed by atoms with van der Waals surface area (Å²) in [5, 5.41) is 5.89. The van der Waals surface area contributed by atoms with E-state index in [0.29, 0.717) is 0 Å². The van der Waals surface area contributed by atoms with Gasteiger partial charge in [0.2, 0.25) is 0 Å². The molecule has 1 saturated carbocycles. The van der Waals surface area contributed by atoms with E-state index in [2.05, 4.69) is 141 Å². The fourth-order valence-electron chi connectivity index (χ4n) is 4.44. The molecule has 4 aromatic rings. The second-order valence-electron chi connectivity index (χ2n) is 9.91. The molecule has 44 heavy (non-hydrogen) atoms. The van der Waals surface area contributed by atoms with E-state index < -0.39 is 7.81 Å². The monoisotopic (exact) mass is 758 g/mol. The minimum absolute atomic E-state index is 0. The van der Waals surface area contributed by atoms with Crippen molar-refractivity contribution in [2.75, 3.05) is 12.3 Å². The zero-order valence-corrected chi connectivity index (χ0v) is 28.4. The molecule has 0 atom stereocenters. The molecule has 1 aliphatic rings. The van der Waals surface area contributed by atoms with Gasteiger partial charge in [-0.3, -0.25) is 0 Å². The van der Waals surface area contributed by atoms with Crippen LogP contribution in [0.1, 0.15) is 32.1 Å². The molecular weight excluding hydrogens is 722 g/mol. The summed E-state index contributed by atoms with van der Waals surface area (Å²) in [5.74, 6) is 0. The van der Waals surface area contributed by atoms with E-state index in [-0.39, 0.29) is 36.3 Å². The van der Waals surface area contributed by atoms with Crippen LogP contribution in [0.15, 0.2) is 121 Å². The minimum atomic E-state index is -10.7. The van der Waals surface area contributed by atoms with Crippen LogP contribution in [0.5, 0.6) is 0 Å². The molecule has 0 unspecified atom stereocenters. The third kappa shape index (κ3) is 17.8. The van der Waals surface area contributed by atoms with E-state index in [4.69, 9.17) is 0 Å².